The molecule has 0 saturated heterocycles. The van der Waals surface area contributed by atoms with Gasteiger partial charge in [0.2, 0.25) is 0 Å². The maximum atomic E-state index is 12.2. The van der Waals surface area contributed by atoms with Gasteiger partial charge < -0.3 is 15.4 Å². The average Bonchev–Trinajstić information content (AvgIpc) is 2.48. The number of alkyl halides is 2. The lowest BCUT2D eigenvalue weighted by molar-refractivity contribution is -0.120. The minimum absolute atomic E-state index is 0.0170. The Bertz CT molecular complexity index is 686. The number of allylic oxidation sites excluding steroid dienone is 4. The van der Waals surface area contributed by atoms with Crippen LogP contribution >= 0.6 is 0 Å². The third-order valence-electron chi connectivity index (χ3n) is 3.67. The number of hydrogen-bond acceptors (Lipinski definition) is 3. The maximum absolute atomic E-state index is 12.2. The summed E-state index contributed by atoms with van der Waals surface area (Å²) in [6.45, 7) is 0.416. The van der Waals surface area contributed by atoms with Gasteiger partial charge in [-0.1, -0.05) is 25.1 Å². The Kier molecular flexibility index (Phi) is 5.68. The van der Waals surface area contributed by atoms with Gasteiger partial charge in [-0.2, -0.15) is 8.78 Å². The van der Waals surface area contributed by atoms with Gasteiger partial charge in [0.25, 0.3) is 0 Å². The van der Waals surface area contributed by atoms with Gasteiger partial charge in [0.05, 0.1) is 0 Å². The van der Waals surface area contributed by atoms with E-state index in [4.69, 9.17) is 0 Å². The van der Waals surface area contributed by atoms with E-state index in [1.54, 1.807) is 24.3 Å². The summed E-state index contributed by atoms with van der Waals surface area (Å²) in [7, 11) is 0. The van der Waals surface area contributed by atoms with Crippen LogP contribution in [-0.2, 0) is 4.79 Å². The number of carbonyl (C=O) groups excluding carboxylic acids is 2. The van der Waals surface area contributed by atoms with E-state index in [2.05, 4.69) is 15.4 Å². The van der Waals surface area contributed by atoms with E-state index in [9.17, 15) is 18.4 Å². The monoisotopic (exact) mass is 336 g/mol. The number of carbonyl (C=O) groups is 2. The van der Waals surface area contributed by atoms with Crippen LogP contribution in [0, 0.1) is 11.8 Å². The molecule has 128 valence electrons. The largest absolute Gasteiger partial charge is 0.435 e. The van der Waals surface area contributed by atoms with E-state index in [0.717, 1.165) is 0 Å². The number of Topliss-reactive ketones (excluding diaryl/α,β-unsaturated/α-hetero) is 1. The first-order chi connectivity index (χ1) is 11.4. The fourth-order valence-corrected chi connectivity index (χ4v) is 2.48. The lowest BCUT2D eigenvalue weighted by Crippen LogP contribution is -2.34. The third-order valence-corrected chi connectivity index (χ3v) is 3.67. The van der Waals surface area contributed by atoms with Crippen LogP contribution in [-0.4, -0.2) is 18.4 Å². The third kappa shape index (κ3) is 4.65. The van der Waals surface area contributed by atoms with Gasteiger partial charge in [-0.25, -0.2) is 4.79 Å². The number of anilines is 1. The maximum Gasteiger partial charge on any atom is 0.387 e. The van der Waals surface area contributed by atoms with Gasteiger partial charge in [-0.3, -0.25) is 4.79 Å². The highest BCUT2D eigenvalue weighted by Crippen LogP contribution is 2.25. The molecule has 1 aromatic rings. The molecule has 2 unspecified atom stereocenters. The summed E-state index contributed by atoms with van der Waals surface area (Å²) >= 11 is 0. The molecule has 5 nitrogen and oxygen atoms in total. The van der Waals surface area contributed by atoms with Crippen molar-refractivity contribution in [3.63, 3.8) is 0 Å². The van der Waals surface area contributed by atoms with Crippen molar-refractivity contribution < 1.29 is 23.1 Å². The first kappa shape index (κ1) is 17.7. The molecule has 0 spiro atoms. The summed E-state index contributed by atoms with van der Waals surface area (Å²) in [6, 6.07) is 5.17. The van der Waals surface area contributed by atoms with Crippen molar-refractivity contribution >= 4 is 17.5 Å². The van der Waals surface area contributed by atoms with Crippen LogP contribution in [0.15, 0.2) is 48.2 Å². The Balaban J connectivity index is 2.00. The van der Waals surface area contributed by atoms with Crippen molar-refractivity contribution in [3.8, 4) is 5.75 Å². The second kappa shape index (κ2) is 7.72. The second-order valence-electron chi connectivity index (χ2n) is 5.42. The molecule has 1 aliphatic rings. The Morgan fingerprint density at radius 3 is 2.67 bits per heavy atom. The molecule has 1 aliphatic carbocycles. The quantitative estimate of drug-likeness (QED) is 0.861. The number of benzene rings is 1. The zero-order chi connectivity index (χ0) is 17.7. The Labute approximate surface area is 138 Å². The molecule has 1 aromatic carbocycles. The summed E-state index contributed by atoms with van der Waals surface area (Å²) in [5, 5.41) is 5.22. The summed E-state index contributed by atoms with van der Waals surface area (Å²) in [4.78, 5) is 23.7. The van der Waals surface area contributed by atoms with Gasteiger partial charge in [-0.05, 0) is 25.1 Å². The summed E-state index contributed by atoms with van der Waals surface area (Å²) in [5.74, 6) is -0.476. The number of hydrogen-bond donors (Lipinski definition) is 2. The Morgan fingerprint density at radius 2 is 2.00 bits per heavy atom. The van der Waals surface area contributed by atoms with Crippen molar-refractivity contribution in [2.75, 3.05) is 5.32 Å². The fourth-order valence-electron chi connectivity index (χ4n) is 2.48. The van der Waals surface area contributed by atoms with Crippen LogP contribution in [0.3, 0.4) is 0 Å². The number of urea groups is 1. The summed E-state index contributed by atoms with van der Waals surface area (Å²) in [5.41, 5.74) is 0.920. The molecule has 2 atom stereocenters. The molecule has 0 aliphatic heterocycles. The summed E-state index contributed by atoms with van der Waals surface area (Å²) < 4.78 is 28.7. The van der Waals surface area contributed by atoms with Crippen LogP contribution in [0.2, 0.25) is 0 Å². The van der Waals surface area contributed by atoms with Crippen LogP contribution in [0.25, 0.3) is 0 Å². The molecule has 2 N–H and O–H groups in total. The van der Waals surface area contributed by atoms with E-state index in [1.807, 2.05) is 6.92 Å². The van der Waals surface area contributed by atoms with Crippen molar-refractivity contribution in [1.29, 1.82) is 0 Å². The van der Waals surface area contributed by atoms with Gasteiger partial charge >= 0.3 is 12.6 Å². The molecule has 0 aromatic heterocycles. The first-order valence-electron chi connectivity index (χ1n) is 7.38. The van der Waals surface area contributed by atoms with Gasteiger partial charge in [0.15, 0.2) is 0 Å². The van der Waals surface area contributed by atoms with E-state index in [0.29, 0.717) is 11.4 Å². The van der Waals surface area contributed by atoms with E-state index < -0.39 is 12.6 Å². The minimum Gasteiger partial charge on any atom is -0.435 e. The highest BCUT2D eigenvalue weighted by Gasteiger charge is 2.25. The smallest absolute Gasteiger partial charge is 0.387 e. The zero-order valence-electron chi connectivity index (χ0n) is 13.3. The van der Waals surface area contributed by atoms with Gasteiger partial charge in [0, 0.05) is 29.3 Å². The fraction of sp³-hybridized carbons (Fsp3) is 0.294. The number of halogens is 2. The number of nitrogens with one attached hydrogen (secondary N) is 2. The number of rotatable bonds is 5. The number of ether oxygens (including phenoxy) is 1. The molecule has 0 bridgehead atoms. The predicted molar refractivity (Wildman–Crippen MR) is 85.8 cm³/mol. The van der Waals surface area contributed by atoms with Crippen molar-refractivity contribution in [2.45, 2.75) is 20.5 Å². The van der Waals surface area contributed by atoms with Crippen molar-refractivity contribution in [1.82, 2.24) is 5.32 Å². The molecule has 24 heavy (non-hydrogen) atoms. The molecule has 0 saturated carbocycles. The van der Waals surface area contributed by atoms with Crippen molar-refractivity contribution in [3.05, 3.63) is 48.2 Å². The van der Waals surface area contributed by atoms with Crippen LogP contribution in [0.5, 0.6) is 5.75 Å². The standard InChI is InChI=1S/C17H18F2N2O3/c1-10-14(11(2)22)7-4-8-15(10)21-17(23)20-12-5-3-6-13(9-12)24-16(18)19/h3-10,14,16H,1-2H3,(H2,20,21,23). The molecule has 0 fully saturated rings. The lowest BCUT2D eigenvalue weighted by atomic mass is 9.84. The molecule has 2 amide bonds. The van der Waals surface area contributed by atoms with Crippen molar-refractivity contribution in [2.24, 2.45) is 11.8 Å². The van der Waals surface area contributed by atoms with E-state index in [-0.39, 0.29) is 23.4 Å². The molecular formula is C17H18F2N2O3. The van der Waals surface area contributed by atoms with Gasteiger partial charge in [-0.15, -0.1) is 0 Å². The molecule has 0 heterocycles. The summed E-state index contributed by atoms with van der Waals surface area (Å²) in [6.07, 6.45) is 5.24. The Morgan fingerprint density at radius 1 is 1.25 bits per heavy atom. The van der Waals surface area contributed by atoms with Gasteiger partial charge in [0.1, 0.15) is 11.5 Å². The average molecular weight is 336 g/mol. The minimum atomic E-state index is -2.93. The number of ketones is 1. The number of amides is 2. The molecule has 7 heteroatoms. The zero-order valence-corrected chi connectivity index (χ0v) is 13.3. The van der Waals surface area contributed by atoms with E-state index in [1.165, 1.54) is 25.1 Å². The van der Waals surface area contributed by atoms with Crippen LogP contribution in [0.4, 0.5) is 19.3 Å². The van der Waals surface area contributed by atoms with E-state index >= 15 is 0 Å². The molecular weight excluding hydrogens is 318 g/mol. The first-order valence-corrected chi connectivity index (χ1v) is 7.38. The molecule has 2 rings (SSSR count). The Hall–Kier alpha value is -2.70. The predicted octanol–water partition coefficient (Wildman–Crippen LogP) is 3.70. The topological polar surface area (TPSA) is 67.4 Å². The lowest BCUT2D eigenvalue weighted by Gasteiger charge is -2.25. The molecule has 0 radical (unpaired) electrons. The normalized spacial score (nSPS) is 19.6. The van der Waals surface area contributed by atoms with Crippen LogP contribution < -0.4 is 15.4 Å². The highest BCUT2D eigenvalue weighted by molar-refractivity contribution is 5.91. The highest BCUT2D eigenvalue weighted by atomic mass is 19.3. The second-order valence-corrected chi connectivity index (χ2v) is 5.42. The SMILES string of the molecule is CC(=O)C1C=CC=C(NC(=O)Nc2cccc(OC(F)F)c2)C1C. The van der Waals surface area contributed by atoms with Crippen LogP contribution in [0.1, 0.15) is 13.8 Å².